The highest BCUT2D eigenvalue weighted by Gasteiger charge is 2.13. The Morgan fingerprint density at radius 3 is 2.94 bits per heavy atom. The average Bonchev–Trinajstić information content (AvgIpc) is 2.71. The maximum Gasteiger partial charge on any atom is 0.126 e. The lowest BCUT2D eigenvalue weighted by molar-refractivity contribution is 0.264. The van der Waals surface area contributed by atoms with Crippen molar-refractivity contribution in [1.82, 2.24) is 15.0 Å². The summed E-state index contributed by atoms with van der Waals surface area (Å²) >= 11 is 0. The lowest BCUT2D eigenvalue weighted by Crippen LogP contribution is -2.16. The molecule has 0 spiro atoms. The van der Waals surface area contributed by atoms with Crippen LogP contribution in [0.4, 0.5) is 0 Å². The predicted octanol–water partition coefficient (Wildman–Crippen LogP) is 0.772. The lowest BCUT2D eigenvalue weighted by Gasteiger charge is -2.02. The Labute approximate surface area is 93.4 Å². The maximum atomic E-state index is 8.96. The maximum absolute atomic E-state index is 8.96. The molecule has 1 unspecified atom stereocenters. The number of nitrogens with two attached hydrogens (primary N) is 1. The fourth-order valence-electron chi connectivity index (χ4n) is 1.50. The lowest BCUT2D eigenvalue weighted by atomic mass is 10.2. The summed E-state index contributed by atoms with van der Waals surface area (Å²) in [6.45, 7) is 1.78. The zero-order chi connectivity index (χ0) is 11.5. The zero-order valence-electron chi connectivity index (χ0n) is 9.01. The molecule has 84 valence electrons. The number of nitrogens with zero attached hydrogens (tertiary/aromatic N) is 2. The van der Waals surface area contributed by atoms with Gasteiger partial charge in [0.25, 0.3) is 0 Å². The standard InChI is InChI=1S/C11H14N4O/c1-7-10(9-4-2-3-5-13-9)15-11(14-7)8(12)6-16/h2-5,8,16H,6,12H2,1H3,(H,14,15). The van der Waals surface area contributed by atoms with E-state index in [1.807, 2.05) is 25.1 Å². The van der Waals surface area contributed by atoms with Crippen LogP contribution in [0, 0.1) is 6.92 Å². The number of hydrogen-bond acceptors (Lipinski definition) is 4. The fourth-order valence-corrected chi connectivity index (χ4v) is 1.50. The van der Waals surface area contributed by atoms with Crippen LogP contribution >= 0.6 is 0 Å². The molecule has 5 nitrogen and oxygen atoms in total. The van der Waals surface area contributed by atoms with Crippen molar-refractivity contribution in [3.63, 3.8) is 0 Å². The molecule has 4 N–H and O–H groups in total. The van der Waals surface area contributed by atoms with Crippen LogP contribution in [0.1, 0.15) is 17.6 Å². The summed E-state index contributed by atoms with van der Waals surface area (Å²) in [5.74, 6) is 0.584. The topological polar surface area (TPSA) is 87.8 Å². The summed E-state index contributed by atoms with van der Waals surface area (Å²) in [5, 5.41) is 8.96. The average molecular weight is 218 g/mol. The zero-order valence-corrected chi connectivity index (χ0v) is 9.01. The molecule has 0 amide bonds. The quantitative estimate of drug-likeness (QED) is 0.710. The van der Waals surface area contributed by atoms with Crippen LogP contribution in [-0.4, -0.2) is 26.7 Å². The second-order valence-corrected chi connectivity index (χ2v) is 3.60. The van der Waals surface area contributed by atoms with Gasteiger partial charge < -0.3 is 15.8 Å². The van der Waals surface area contributed by atoms with Gasteiger partial charge in [0.2, 0.25) is 0 Å². The number of hydrogen-bond donors (Lipinski definition) is 3. The Balaban J connectivity index is 2.40. The number of aliphatic hydroxyl groups excluding tert-OH is 1. The Bertz CT molecular complexity index is 466. The highest BCUT2D eigenvalue weighted by Crippen LogP contribution is 2.20. The first-order valence-corrected chi connectivity index (χ1v) is 5.06. The van der Waals surface area contributed by atoms with Gasteiger partial charge in [0, 0.05) is 11.9 Å². The van der Waals surface area contributed by atoms with Crippen LogP contribution in [0.15, 0.2) is 24.4 Å². The van der Waals surface area contributed by atoms with Crippen LogP contribution in [0.5, 0.6) is 0 Å². The van der Waals surface area contributed by atoms with E-state index in [2.05, 4.69) is 15.0 Å². The van der Waals surface area contributed by atoms with Crippen molar-refractivity contribution in [2.45, 2.75) is 13.0 Å². The second-order valence-electron chi connectivity index (χ2n) is 3.60. The first-order valence-electron chi connectivity index (χ1n) is 5.06. The smallest absolute Gasteiger partial charge is 0.126 e. The molecule has 2 heterocycles. The second kappa shape index (κ2) is 4.42. The molecule has 16 heavy (non-hydrogen) atoms. The summed E-state index contributed by atoms with van der Waals surface area (Å²) in [7, 11) is 0. The number of H-pyrrole nitrogens is 1. The third kappa shape index (κ3) is 1.95. The van der Waals surface area contributed by atoms with E-state index in [4.69, 9.17) is 10.8 Å². The molecule has 0 aliphatic rings. The highest BCUT2D eigenvalue weighted by molar-refractivity contribution is 5.57. The molecule has 0 fully saturated rings. The van der Waals surface area contributed by atoms with E-state index < -0.39 is 6.04 Å². The molecule has 0 aromatic carbocycles. The summed E-state index contributed by atoms with van der Waals surface area (Å²) in [4.78, 5) is 11.6. The van der Waals surface area contributed by atoms with Gasteiger partial charge in [0.05, 0.1) is 18.3 Å². The van der Waals surface area contributed by atoms with E-state index in [-0.39, 0.29) is 6.61 Å². The number of aliphatic hydroxyl groups is 1. The van der Waals surface area contributed by atoms with Gasteiger partial charge in [0.1, 0.15) is 11.5 Å². The van der Waals surface area contributed by atoms with Gasteiger partial charge in [-0.05, 0) is 19.1 Å². The minimum atomic E-state index is -0.476. The van der Waals surface area contributed by atoms with Gasteiger partial charge in [0.15, 0.2) is 0 Å². The summed E-state index contributed by atoms with van der Waals surface area (Å²) in [5.41, 5.74) is 8.17. The predicted molar refractivity (Wildman–Crippen MR) is 60.6 cm³/mol. The Morgan fingerprint density at radius 2 is 2.31 bits per heavy atom. The SMILES string of the molecule is Cc1[nH]c(C(N)CO)nc1-c1ccccn1. The number of aromatic nitrogens is 3. The van der Waals surface area contributed by atoms with Crippen molar-refractivity contribution in [3.05, 3.63) is 35.9 Å². The highest BCUT2D eigenvalue weighted by atomic mass is 16.3. The van der Waals surface area contributed by atoms with Gasteiger partial charge in [-0.1, -0.05) is 6.07 Å². The Hall–Kier alpha value is -1.72. The minimum absolute atomic E-state index is 0.130. The van der Waals surface area contributed by atoms with Crippen molar-refractivity contribution in [2.24, 2.45) is 5.73 Å². The molecule has 2 aromatic rings. The summed E-state index contributed by atoms with van der Waals surface area (Å²) in [6, 6.07) is 5.17. The number of rotatable bonds is 3. The molecule has 0 aliphatic carbocycles. The molecular formula is C11H14N4O. The van der Waals surface area contributed by atoms with Crippen LogP contribution in [0.2, 0.25) is 0 Å². The molecule has 5 heteroatoms. The molecule has 0 saturated carbocycles. The van der Waals surface area contributed by atoms with E-state index in [0.717, 1.165) is 17.1 Å². The van der Waals surface area contributed by atoms with E-state index in [1.165, 1.54) is 0 Å². The molecular weight excluding hydrogens is 204 g/mol. The minimum Gasteiger partial charge on any atom is -0.394 e. The van der Waals surface area contributed by atoms with Crippen LogP contribution in [0.3, 0.4) is 0 Å². The van der Waals surface area contributed by atoms with E-state index in [9.17, 15) is 0 Å². The monoisotopic (exact) mass is 218 g/mol. The third-order valence-electron chi connectivity index (χ3n) is 2.36. The normalized spacial score (nSPS) is 12.7. The molecule has 0 radical (unpaired) electrons. The fraction of sp³-hybridized carbons (Fsp3) is 0.273. The van der Waals surface area contributed by atoms with Gasteiger partial charge in [-0.15, -0.1) is 0 Å². The van der Waals surface area contributed by atoms with Gasteiger partial charge in [-0.2, -0.15) is 0 Å². The number of aryl methyl sites for hydroxylation is 1. The number of nitrogens with one attached hydrogen (secondary N) is 1. The van der Waals surface area contributed by atoms with Gasteiger partial charge in [-0.3, -0.25) is 4.98 Å². The van der Waals surface area contributed by atoms with E-state index >= 15 is 0 Å². The van der Waals surface area contributed by atoms with Crippen LogP contribution in [-0.2, 0) is 0 Å². The Kier molecular flexibility index (Phi) is 2.98. The van der Waals surface area contributed by atoms with E-state index in [0.29, 0.717) is 5.82 Å². The number of aromatic amines is 1. The third-order valence-corrected chi connectivity index (χ3v) is 2.36. The molecule has 0 saturated heterocycles. The summed E-state index contributed by atoms with van der Waals surface area (Å²) < 4.78 is 0. The van der Waals surface area contributed by atoms with Crippen LogP contribution < -0.4 is 5.73 Å². The van der Waals surface area contributed by atoms with Crippen molar-refractivity contribution in [3.8, 4) is 11.4 Å². The first-order chi connectivity index (χ1) is 7.72. The number of imidazole rings is 1. The van der Waals surface area contributed by atoms with Crippen LogP contribution in [0.25, 0.3) is 11.4 Å². The molecule has 2 aromatic heterocycles. The van der Waals surface area contributed by atoms with Crippen molar-refractivity contribution >= 4 is 0 Å². The van der Waals surface area contributed by atoms with Crippen molar-refractivity contribution in [2.75, 3.05) is 6.61 Å². The van der Waals surface area contributed by atoms with Gasteiger partial charge in [-0.25, -0.2) is 4.98 Å². The molecule has 1 atom stereocenters. The van der Waals surface area contributed by atoms with Crippen molar-refractivity contribution < 1.29 is 5.11 Å². The molecule has 0 aliphatic heterocycles. The summed E-state index contributed by atoms with van der Waals surface area (Å²) in [6.07, 6.45) is 1.72. The van der Waals surface area contributed by atoms with E-state index in [1.54, 1.807) is 6.20 Å². The first kappa shape index (κ1) is 10.8. The molecule has 0 bridgehead atoms. The van der Waals surface area contributed by atoms with Crippen molar-refractivity contribution in [1.29, 1.82) is 0 Å². The largest absolute Gasteiger partial charge is 0.394 e. The van der Waals surface area contributed by atoms with Gasteiger partial charge >= 0.3 is 0 Å². The molecule has 2 rings (SSSR count). The number of pyridine rings is 1. The Morgan fingerprint density at radius 1 is 1.50 bits per heavy atom.